The highest BCUT2D eigenvalue weighted by molar-refractivity contribution is 5.75. The molecule has 0 aromatic carbocycles. The van der Waals surface area contributed by atoms with Crippen LogP contribution in [0.1, 0.15) is 66.7 Å². The highest BCUT2D eigenvalue weighted by atomic mass is 16.5. The smallest absolute Gasteiger partial charge is 0.309 e. The van der Waals surface area contributed by atoms with E-state index in [4.69, 9.17) is 4.74 Å². The largest absolute Gasteiger partial charge is 0.481 e. The van der Waals surface area contributed by atoms with Crippen molar-refractivity contribution in [3.63, 3.8) is 0 Å². The second-order valence-electron chi connectivity index (χ2n) is 5.72. The maximum atomic E-state index is 12.2. The van der Waals surface area contributed by atoms with Crippen LogP contribution in [0.5, 0.6) is 0 Å². The van der Waals surface area contributed by atoms with Gasteiger partial charge >= 0.3 is 11.9 Å². The Labute approximate surface area is 122 Å². The molecule has 0 aliphatic rings. The Hall–Kier alpha value is -1.06. The van der Waals surface area contributed by atoms with Gasteiger partial charge in [-0.1, -0.05) is 34.1 Å². The molecule has 0 saturated heterocycles. The Balaban J connectivity index is 5.41. The van der Waals surface area contributed by atoms with E-state index in [0.29, 0.717) is 25.4 Å². The van der Waals surface area contributed by atoms with Crippen LogP contribution in [-0.4, -0.2) is 23.7 Å². The number of aliphatic carboxylic acids is 1. The van der Waals surface area contributed by atoms with Crippen molar-refractivity contribution in [3.05, 3.63) is 0 Å². The number of rotatable bonds is 10. The van der Waals surface area contributed by atoms with Crippen LogP contribution >= 0.6 is 0 Å². The molecule has 3 unspecified atom stereocenters. The van der Waals surface area contributed by atoms with Gasteiger partial charge in [0.05, 0.1) is 18.9 Å². The number of carboxylic acid groups (broad SMARTS) is 1. The molecule has 20 heavy (non-hydrogen) atoms. The van der Waals surface area contributed by atoms with E-state index in [9.17, 15) is 14.7 Å². The minimum atomic E-state index is -0.835. The van der Waals surface area contributed by atoms with E-state index in [1.54, 1.807) is 6.92 Å². The molecule has 4 heteroatoms. The number of hydrogen-bond donors (Lipinski definition) is 1. The van der Waals surface area contributed by atoms with Crippen molar-refractivity contribution in [1.82, 2.24) is 0 Å². The quantitative estimate of drug-likeness (QED) is 0.619. The number of carbonyl (C=O) groups excluding carboxylic acids is 1. The number of carbonyl (C=O) groups is 2. The minimum absolute atomic E-state index is 0.0329. The van der Waals surface area contributed by atoms with Crippen molar-refractivity contribution in [2.45, 2.75) is 66.7 Å². The van der Waals surface area contributed by atoms with Crippen LogP contribution in [0.15, 0.2) is 0 Å². The summed E-state index contributed by atoms with van der Waals surface area (Å²) < 4.78 is 5.17. The fourth-order valence-corrected chi connectivity index (χ4v) is 3.09. The van der Waals surface area contributed by atoms with Gasteiger partial charge < -0.3 is 9.84 Å². The van der Waals surface area contributed by atoms with Crippen LogP contribution in [0.3, 0.4) is 0 Å². The fraction of sp³-hybridized carbons (Fsp3) is 0.875. The molecule has 0 bridgehead atoms. The van der Waals surface area contributed by atoms with Crippen molar-refractivity contribution in [2.24, 2.45) is 17.3 Å². The van der Waals surface area contributed by atoms with E-state index in [-0.39, 0.29) is 18.3 Å². The Bertz CT molecular complexity index is 314. The van der Waals surface area contributed by atoms with Gasteiger partial charge in [-0.2, -0.15) is 0 Å². The SMILES string of the molecule is CCOC(=O)C(CC)C(CC)(CC(=O)O)CC(C)CC. The molecule has 3 atom stereocenters. The van der Waals surface area contributed by atoms with Gasteiger partial charge in [0.25, 0.3) is 0 Å². The monoisotopic (exact) mass is 286 g/mol. The topological polar surface area (TPSA) is 63.6 Å². The Morgan fingerprint density at radius 2 is 1.75 bits per heavy atom. The van der Waals surface area contributed by atoms with Crippen molar-refractivity contribution in [3.8, 4) is 0 Å². The Morgan fingerprint density at radius 1 is 1.15 bits per heavy atom. The summed E-state index contributed by atoms with van der Waals surface area (Å²) in [6.07, 6.45) is 3.08. The summed E-state index contributed by atoms with van der Waals surface area (Å²) in [5.41, 5.74) is -0.498. The van der Waals surface area contributed by atoms with Gasteiger partial charge in [0, 0.05) is 0 Å². The summed E-state index contributed by atoms with van der Waals surface area (Å²) in [6.45, 7) is 10.2. The van der Waals surface area contributed by atoms with Crippen LogP contribution < -0.4 is 0 Å². The predicted octanol–water partition coefficient (Wildman–Crippen LogP) is 3.88. The van der Waals surface area contributed by atoms with E-state index >= 15 is 0 Å². The van der Waals surface area contributed by atoms with Gasteiger partial charge in [-0.3, -0.25) is 9.59 Å². The molecule has 0 heterocycles. The molecule has 0 aromatic heterocycles. The normalized spacial score (nSPS) is 17.1. The molecule has 0 radical (unpaired) electrons. The first-order chi connectivity index (χ1) is 9.36. The lowest BCUT2D eigenvalue weighted by atomic mass is 9.65. The lowest BCUT2D eigenvalue weighted by molar-refractivity contribution is -0.157. The Kier molecular flexibility index (Phi) is 8.51. The molecule has 0 aromatic rings. The van der Waals surface area contributed by atoms with Crippen LogP contribution in [-0.2, 0) is 14.3 Å². The predicted molar refractivity (Wildman–Crippen MR) is 79.5 cm³/mol. The zero-order chi connectivity index (χ0) is 15.8. The van der Waals surface area contributed by atoms with Crippen LogP contribution in [0, 0.1) is 17.3 Å². The number of ether oxygens (including phenoxy) is 1. The molecule has 0 rings (SSSR count). The minimum Gasteiger partial charge on any atom is -0.481 e. The molecular weight excluding hydrogens is 256 g/mol. The molecular formula is C16H30O4. The standard InChI is InChI=1S/C16H30O4/c1-6-12(5)10-16(8-3,11-14(17)18)13(7-2)15(19)20-9-4/h12-13H,6-11H2,1-5H3,(H,17,18). The maximum Gasteiger partial charge on any atom is 0.309 e. The third kappa shape index (κ3) is 5.14. The first-order valence-corrected chi connectivity index (χ1v) is 7.75. The van der Waals surface area contributed by atoms with Gasteiger partial charge in [0.1, 0.15) is 0 Å². The molecule has 4 nitrogen and oxygen atoms in total. The average molecular weight is 286 g/mol. The van der Waals surface area contributed by atoms with Crippen molar-refractivity contribution < 1.29 is 19.4 Å². The molecule has 0 saturated carbocycles. The zero-order valence-corrected chi connectivity index (χ0v) is 13.6. The average Bonchev–Trinajstić information content (AvgIpc) is 2.38. The van der Waals surface area contributed by atoms with Gasteiger partial charge in [-0.25, -0.2) is 0 Å². The van der Waals surface area contributed by atoms with E-state index in [2.05, 4.69) is 13.8 Å². The highest BCUT2D eigenvalue weighted by Gasteiger charge is 2.43. The molecule has 0 aliphatic carbocycles. The summed E-state index contributed by atoms with van der Waals surface area (Å²) in [7, 11) is 0. The van der Waals surface area contributed by atoms with E-state index in [1.165, 1.54) is 0 Å². The molecule has 0 fully saturated rings. The zero-order valence-electron chi connectivity index (χ0n) is 13.6. The lowest BCUT2D eigenvalue weighted by Gasteiger charge is -2.39. The fourth-order valence-electron chi connectivity index (χ4n) is 3.09. The van der Waals surface area contributed by atoms with Crippen LogP contribution in [0.4, 0.5) is 0 Å². The van der Waals surface area contributed by atoms with Gasteiger partial charge in [-0.05, 0) is 37.5 Å². The number of hydrogen-bond acceptors (Lipinski definition) is 3. The second-order valence-corrected chi connectivity index (χ2v) is 5.72. The highest BCUT2D eigenvalue weighted by Crippen LogP contribution is 2.44. The third-order valence-corrected chi connectivity index (χ3v) is 4.38. The van der Waals surface area contributed by atoms with Crippen LogP contribution in [0.25, 0.3) is 0 Å². The first-order valence-electron chi connectivity index (χ1n) is 7.75. The van der Waals surface area contributed by atoms with Gasteiger partial charge in [0.2, 0.25) is 0 Å². The van der Waals surface area contributed by atoms with Crippen LogP contribution in [0.2, 0.25) is 0 Å². The van der Waals surface area contributed by atoms with Crippen molar-refractivity contribution in [2.75, 3.05) is 6.61 Å². The van der Waals surface area contributed by atoms with Gasteiger partial charge in [0.15, 0.2) is 0 Å². The molecule has 0 spiro atoms. The maximum absolute atomic E-state index is 12.2. The van der Waals surface area contributed by atoms with Crippen molar-refractivity contribution in [1.29, 1.82) is 0 Å². The van der Waals surface area contributed by atoms with Crippen molar-refractivity contribution >= 4 is 11.9 Å². The summed E-state index contributed by atoms with van der Waals surface area (Å²) in [5, 5.41) is 9.27. The molecule has 0 aliphatic heterocycles. The molecule has 0 amide bonds. The third-order valence-electron chi connectivity index (χ3n) is 4.38. The van der Waals surface area contributed by atoms with Gasteiger partial charge in [-0.15, -0.1) is 0 Å². The summed E-state index contributed by atoms with van der Waals surface area (Å²) >= 11 is 0. The first kappa shape index (κ1) is 18.9. The van der Waals surface area contributed by atoms with E-state index in [1.807, 2.05) is 13.8 Å². The molecule has 118 valence electrons. The summed E-state index contributed by atoms with van der Waals surface area (Å²) in [5.74, 6) is -1.02. The Morgan fingerprint density at radius 3 is 2.10 bits per heavy atom. The number of esters is 1. The second kappa shape index (κ2) is 8.98. The van der Waals surface area contributed by atoms with E-state index in [0.717, 1.165) is 12.8 Å². The molecule has 1 N–H and O–H groups in total. The van der Waals surface area contributed by atoms with E-state index < -0.39 is 11.4 Å². The summed E-state index contributed by atoms with van der Waals surface area (Å²) in [4.78, 5) is 23.5. The number of carboxylic acids is 1. The summed E-state index contributed by atoms with van der Waals surface area (Å²) in [6, 6.07) is 0. The lowest BCUT2D eigenvalue weighted by Crippen LogP contribution is -2.39.